The highest BCUT2D eigenvalue weighted by Crippen LogP contribution is 2.46. The van der Waals surface area contributed by atoms with Gasteiger partial charge in [0.05, 0.1) is 5.56 Å². The third-order valence-corrected chi connectivity index (χ3v) is 6.66. The molecule has 0 amide bonds. The Bertz CT molecular complexity index is 1790. The number of hydrogen-bond donors (Lipinski definition) is 0. The Labute approximate surface area is 207 Å². The van der Waals surface area contributed by atoms with Crippen molar-refractivity contribution in [2.24, 2.45) is 0 Å². The molecule has 0 saturated heterocycles. The lowest BCUT2D eigenvalue weighted by molar-refractivity contribution is -0.137. The zero-order valence-corrected chi connectivity index (χ0v) is 19.0. The maximum atomic E-state index is 14.7. The average Bonchev–Trinajstić information content (AvgIpc) is 2.87. The molecule has 6 aromatic carbocycles. The average molecular weight is 502 g/mol. The largest absolute Gasteiger partial charge is 0.416 e. The van der Waals surface area contributed by atoms with Crippen LogP contribution in [0.3, 0.4) is 0 Å². The van der Waals surface area contributed by atoms with E-state index in [9.17, 15) is 26.3 Å². The normalized spacial score (nSPS) is 12.1. The van der Waals surface area contributed by atoms with Gasteiger partial charge in [0.15, 0.2) is 0 Å². The Balaban J connectivity index is 1.82. The summed E-state index contributed by atoms with van der Waals surface area (Å²) in [4.78, 5) is 0. The van der Waals surface area contributed by atoms with Crippen molar-refractivity contribution in [3.8, 4) is 22.3 Å². The molecule has 182 valence electrons. The van der Waals surface area contributed by atoms with Crippen molar-refractivity contribution in [3.05, 3.63) is 120 Å². The molecule has 0 aliphatic carbocycles. The van der Waals surface area contributed by atoms with Crippen LogP contribution in [0.5, 0.6) is 0 Å². The quantitative estimate of drug-likeness (QED) is 0.163. The first kappa shape index (κ1) is 23.1. The fourth-order valence-corrected chi connectivity index (χ4v) is 5.11. The van der Waals surface area contributed by atoms with Gasteiger partial charge in [-0.05, 0) is 91.6 Å². The number of rotatable bonds is 2. The van der Waals surface area contributed by atoms with Crippen LogP contribution in [0.4, 0.5) is 26.3 Å². The van der Waals surface area contributed by atoms with E-state index in [0.717, 1.165) is 12.1 Å². The fourth-order valence-electron chi connectivity index (χ4n) is 5.11. The van der Waals surface area contributed by atoms with Crippen LogP contribution >= 0.6 is 0 Å². The van der Waals surface area contributed by atoms with E-state index in [4.69, 9.17) is 0 Å². The Hall–Kier alpha value is -4.32. The molecular weight excluding hydrogens is 486 g/mol. The number of fused-ring (bicyclic) bond motifs is 3. The molecule has 6 rings (SSSR count). The summed E-state index contributed by atoms with van der Waals surface area (Å²) >= 11 is 0. The minimum Gasteiger partial charge on any atom is -0.207 e. The molecule has 0 aliphatic rings. The molecule has 6 aromatic rings. The molecule has 0 spiro atoms. The van der Waals surface area contributed by atoms with Gasteiger partial charge in [0.1, 0.15) is 17.5 Å². The number of hydrogen-bond acceptors (Lipinski definition) is 0. The Morgan fingerprint density at radius 3 is 1.70 bits per heavy atom. The van der Waals surface area contributed by atoms with Crippen molar-refractivity contribution in [1.29, 1.82) is 0 Å². The first-order valence-corrected chi connectivity index (χ1v) is 11.4. The van der Waals surface area contributed by atoms with E-state index in [0.29, 0.717) is 49.0 Å². The lowest BCUT2D eigenvalue weighted by Crippen LogP contribution is -2.04. The van der Waals surface area contributed by atoms with E-state index in [-0.39, 0.29) is 5.56 Å². The molecule has 0 bridgehead atoms. The highest BCUT2D eigenvalue weighted by molar-refractivity contribution is 6.23. The Morgan fingerprint density at radius 2 is 1.05 bits per heavy atom. The van der Waals surface area contributed by atoms with Crippen LogP contribution in [0.1, 0.15) is 5.56 Å². The van der Waals surface area contributed by atoms with Crippen LogP contribution in [-0.4, -0.2) is 0 Å². The van der Waals surface area contributed by atoms with Gasteiger partial charge >= 0.3 is 6.18 Å². The fraction of sp³-hybridized carbons (Fsp3) is 0.0323. The van der Waals surface area contributed by atoms with E-state index in [1.54, 1.807) is 36.4 Å². The second kappa shape index (κ2) is 8.37. The van der Waals surface area contributed by atoms with Gasteiger partial charge in [-0.1, -0.05) is 54.6 Å². The maximum absolute atomic E-state index is 14.7. The first-order valence-electron chi connectivity index (χ1n) is 11.4. The van der Waals surface area contributed by atoms with Gasteiger partial charge in [-0.15, -0.1) is 0 Å². The van der Waals surface area contributed by atoms with Crippen molar-refractivity contribution in [2.45, 2.75) is 6.18 Å². The summed E-state index contributed by atoms with van der Waals surface area (Å²) in [7, 11) is 0. The molecule has 0 unspecified atom stereocenters. The minimum absolute atomic E-state index is 0.263. The Morgan fingerprint density at radius 1 is 0.459 bits per heavy atom. The third kappa shape index (κ3) is 3.80. The van der Waals surface area contributed by atoms with E-state index >= 15 is 0 Å². The summed E-state index contributed by atoms with van der Waals surface area (Å²) in [5.74, 6) is -1.57. The van der Waals surface area contributed by atoms with Gasteiger partial charge in [0.2, 0.25) is 0 Å². The summed E-state index contributed by atoms with van der Waals surface area (Å²) in [5, 5.41) is 2.62. The zero-order chi connectivity index (χ0) is 25.9. The molecular formula is C31H16F6. The molecule has 0 aliphatic heterocycles. The van der Waals surface area contributed by atoms with Crippen molar-refractivity contribution in [3.63, 3.8) is 0 Å². The molecule has 0 fully saturated rings. The van der Waals surface area contributed by atoms with Crippen LogP contribution in [0.2, 0.25) is 0 Å². The predicted octanol–water partition coefficient (Wildman–Crippen LogP) is 9.92. The minimum atomic E-state index is -4.56. The second-order valence-electron chi connectivity index (χ2n) is 8.85. The highest BCUT2D eigenvalue weighted by Gasteiger charge is 2.31. The molecule has 0 heterocycles. The molecule has 0 atom stereocenters. The third-order valence-electron chi connectivity index (χ3n) is 6.66. The van der Waals surface area contributed by atoms with Crippen LogP contribution in [0, 0.1) is 17.5 Å². The predicted molar refractivity (Wildman–Crippen MR) is 135 cm³/mol. The number of halogens is 6. The van der Waals surface area contributed by atoms with E-state index in [1.807, 2.05) is 0 Å². The number of alkyl halides is 3. The monoisotopic (exact) mass is 502 g/mol. The summed E-state index contributed by atoms with van der Waals surface area (Å²) in [6, 6.07) is 22.6. The van der Waals surface area contributed by atoms with E-state index in [1.165, 1.54) is 48.5 Å². The lowest BCUT2D eigenvalue weighted by Gasteiger charge is -2.19. The zero-order valence-electron chi connectivity index (χ0n) is 19.0. The van der Waals surface area contributed by atoms with Crippen molar-refractivity contribution < 1.29 is 26.3 Å². The van der Waals surface area contributed by atoms with E-state index in [2.05, 4.69) is 0 Å². The van der Waals surface area contributed by atoms with Crippen molar-refractivity contribution in [2.75, 3.05) is 0 Å². The Kier molecular flexibility index (Phi) is 5.23. The molecule has 6 heteroatoms. The lowest BCUT2D eigenvalue weighted by atomic mass is 9.84. The van der Waals surface area contributed by atoms with Gasteiger partial charge in [0, 0.05) is 5.39 Å². The standard InChI is InChI=1S/C31H16F6/c32-19-10-12-24-26(15-19)30(23-8-2-7-22-21(23)6-3-9-28(22)34)27-16-20(33)11-13-25(27)29(24)17-4-1-5-18(14-17)31(35,36)37/h1-16H. The summed E-state index contributed by atoms with van der Waals surface area (Å²) in [6.07, 6.45) is -4.56. The van der Waals surface area contributed by atoms with Crippen molar-refractivity contribution >= 4 is 32.3 Å². The number of benzene rings is 6. The SMILES string of the molecule is Fc1ccc2c(-c3cccc(C(F)(F)F)c3)c3ccc(F)cc3c(-c3cccc4c(F)cccc34)c2c1. The summed E-state index contributed by atoms with van der Waals surface area (Å²) in [5.41, 5.74) is 0.878. The summed E-state index contributed by atoms with van der Waals surface area (Å²) < 4.78 is 84.6. The highest BCUT2D eigenvalue weighted by atomic mass is 19.4. The molecule has 0 radical (unpaired) electrons. The van der Waals surface area contributed by atoms with Crippen LogP contribution in [0.25, 0.3) is 54.6 Å². The first-order chi connectivity index (χ1) is 17.7. The molecule has 0 N–H and O–H groups in total. The maximum Gasteiger partial charge on any atom is 0.416 e. The summed E-state index contributed by atoms with van der Waals surface area (Å²) in [6.45, 7) is 0. The van der Waals surface area contributed by atoms with Crippen LogP contribution in [0.15, 0.2) is 97.1 Å². The molecule has 0 saturated carbocycles. The molecule has 0 nitrogen and oxygen atoms in total. The second-order valence-corrected chi connectivity index (χ2v) is 8.85. The van der Waals surface area contributed by atoms with Gasteiger partial charge < -0.3 is 0 Å². The van der Waals surface area contributed by atoms with E-state index < -0.39 is 29.2 Å². The van der Waals surface area contributed by atoms with Crippen LogP contribution in [-0.2, 0) is 6.18 Å². The van der Waals surface area contributed by atoms with Gasteiger partial charge in [0.25, 0.3) is 0 Å². The smallest absolute Gasteiger partial charge is 0.207 e. The van der Waals surface area contributed by atoms with Gasteiger partial charge in [-0.25, -0.2) is 13.2 Å². The van der Waals surface area contributed by atoms with Crippen LogP contribution < -0.4 is 0 Å². The van der Waals surface area contributed by atoms with Gasteiger partial charge in [-0.2, -0.15) is 13.2 Å². The van der Waals surface area contributed by atoms with Crippen molar-refractivity contribution in [1.82, 2.24) is 0 Å². The topological polar surface area (TPSA) is 0 Å². The molecule has 37 heavy (non-hydrogen) atoms. The van der Waals surface area contributed by atoms with Gasteiger partial charge in [-0.3, -0.25) is 0 Å². The molecule has 0 aromatic heterocycles.